The van der Waals surface area contributed by atoms with E-state index in [4.69, 9.17) is 14.2 Å². The SMILES string of the molecule is COc1ccc(CN2C(=O)C(=O)/C(=C(/O)c3cc(OC)ccc3OC)C2c2ccc(C(C)C)cc2)cc1. The van der Waals surface area contributed by atoms with Crippen LogP contribution in [0.3, 0.4) is 0 Å². The second-order valence-corrected chi connectivity index (χ2v) is 9.16. The molecule has 37 heavy (non-hydrogen) atoms. The highest BCUT2D eigenvalue weighted by Gasteiger charge is 2.46. The highest BCUT2D eigenvalue weighted by Crippen LogP contribution is 2.42. The lowest BCUT2D eigenvalue weighted by Crippen LogP contribution is -2.29. The average molecular weight is 502 g/mol. The van der Waals surface area contributed by atoms with Gasteiger partial charge in [0.25, 0.3) is 11.7 Å². The largest absolute Gasteiger partial charge is 0.507 e. The summed E-state index contributed by atoms with van der Waals surface area (Å²) in [5.74, 6) is 0.0916. The third-order valence-electron chi connectivity index (χ3n) is 6.63. The molecule has 192 valence electrons. The van der Waals surface area contributed by atoms with Crippen molar-refractivity contribution in [2.75, 3.05) is 21.3 Å². The molecule has 7 heteroatoms. The highest BCUT2D eigenvalue weighted by atomic mass is 16.5. The fourth-order valence-electron chi connectivity index (χ4n) is 4.52. The van der Waals surface area contributed by atoms with E-state index in [9.17, 15) is 14.7 Å². The smallest absolute Gasteiger partial charge is 0.295 e. The summed E-state index contributed by atoms with van der Waals surface area (Å²) in [6.45, 7) is 4.37. The van der Waals surface area contributed by atoms with Crippen molar-refractivity contribution in [1.82, 2.24) is 4.90 Å². The first-order valence-corrected chi connectivity index (χ1v) is 12.0. The number of ether oxygens (including phenoxy) is 3. The minimum Gasteiger partial charge on any atom is -0.507 e. The lowest BCUT2D eigenvalue weighted by atomic mass is 9.93. The molecular weight excluding hydrogens is 470 g/mol. The Morgan fingerprint density at radius 1 is 0.865 bits per heavy atom. The van der Waals surface area contributed by atoms with Crippen LogP contribution >= 0.6 is 0 Å². The molecule has 0 aromatic heterocycles. The Kier molecular flexibility index (Phi) is 7.53. The zero-order chi connectivity index (χ0) is 26.7. The molecular formula is C30H31NO6. The second-order valence-electron chi connectivity index (χ2n) is 9.16. The van der Waals surface area contributed by atoms with Gasteiger partial charge in [0, 0.05) is 6.54 Å². The average Bonchev–Trinajstić information content (AvgIpc) is 3.17. The molecule has 1 amide bonds. The van der Waals surface area contributed by atoms with Gasteiger partial charge in [0.2, 0.25) is 0 Å². The molecule has 0 radical (unpaired) electrons. The van der Waals surface area contributed by atoms with Crippen LogP contribution in [0.4, 0.5) is 0 Å². The molecule has 1 unspecified atom stereocenters. The van der Waals surface area contributed by atoms with E-state index in [0.717, 1.165) is 16.7 Å². The number of aliphatic hydroxyl groups is 1. The van der Waals surface area contributed by atoms with Gasteiger partial charge in [-0.25, -0.2) is 0 Å². The summed E-state index contributed by atoms with van der Waals surface area (Å²) in [7, 11) is 4.57. The number of carbonyl (C=O) groups excluding carboxylic acids is 2. The Bertz CT molecular complexity index is 1330. The molecule has 0 aliphatic carbocycles. The number of carbonyl (C=O) groups is 2. The van der Waals surface area contributed by atoms with Gasteiger partial charge in [0.05, 0.1) is 38.5 Å². The van der Waals surface area contributed by atoms with Crippen molar-refractivity contribution in [2.45, 2.75) is 32.4 Å². The number of aliphatic hydroxyl groups excluding tert-OH is 1. The lowest BCUT2D eigenvalue weighted by Gasteiger charge is -2.26. The van der Waals surface area contributed by atoms with Gasteiger partial charge in [0.1, 0.15) is 23.0 Å². The van der Waals surface area contributed by atoms with Gasteiger partial charge in [-0.15, -0.1) is 0 Å². The molecule has 1 heterocycles. The standard InChI is InChI=1S/C30H31NO6/c1-18(2)20-8-10-21(11-9-20)27-26(28(32)24-16-23(36-4)14-15-25(24)37-5)29(33)30(34)31(27)17-19-6-12-22(35-3)13-7-19/h6-16,18,27,32H,17H2,1-5H3/b28-26+. The van der Waals surface area contributed by atoms with Crippen LogP contribution in [-0.2, 0) is 16.1 Å². The van der Waals surface area contributed by atoms with E-state index >= 15 is 0 Å². The van der Waals surface area contributed by atoms with E-state index in [2.05, 4.69) is 13.8 Å². The van der Waals surface area contributed by atoms with Gasteiger partial charge in [0.15, 0.2) is 0 Å². The quantitative estimate of drug-likeness (QED) is 0.251. The lowest BCUT2D eigenvalue weighted by molar-refractivity contribution is -0.140. The minimum atomic E-state index is -0.792. The molecule has 1 N–H and O–H groups in total. The number of hydrogen-bond acceptors (Lipinski definition) is 6. The number of benzene rings is 3. The number of hydrogen-bond donors (Lipinski definition) is 1. The van der Waals surface area contributed by atoms with Crippen LogP contribution < -0.4 is 14.2 Å². The fourth-order valence-corrected chi connectivity index (χ4v) is 4.52. The summed E-state index contributed by atoms with van der Waals surface area (Å²) in [5, 5.41) is 11.5. The molecule has 3 aromatic rings. The van der Waals surface area contributed by atoms with Crippen LogP contribution in [0.1, 0.15) is 48.1 Å². The van der Waals surface area contributed by atoms with E-state index in [1.54, 1.807) is 37.4 Å². The summed E-state index contributed by atoms with van der Waals surface area (Å²) in [4.78, 5) is 28.3. The van der Waals surface area contributed by atoms with Crippen LogP contribution in [-0.4, -0.2) is 43.0 Å². The van der Waals surface area contributed by atoms with Crippen molar-refractivity contribution < 1.29 is 28.9 Å². The Morgan fingerprint density at radius 2 is 1.49 bits per heavy atom. The van der Waals surface area contributed by atoms with Crippen LogP contribution in [0.2, 0.25) is 0 Å². The zero-order valence-electron chi connectivity index (χ0n) is 21.6. The summed E-state index contributed by atoms with van der Waals surface area (Å²) in [5.41, 5.74) is 2.95. The van der Waals surface area contributed by atoms with E-state index in [1.807, 2.05) is 36.4 Å². The zero-order valence-corrected chi connectivity index (χ0v) is 21.6. The van der Waals surface area contributed by atoms with Gasteiger partial charge >= 0.3 is 0 Å². The van der Waals surface area contributed by atoms with E-state index < -0.39 is 17.7 Å². The number of nitrogens with zero attached hydrogens (tertiary/aromatic N) is 1. The molecule has 0 bridgehead atoms. The first-order chi connectivity index (χ1) is 17.8. The van der Waals surface area contributed by atoms with Gasteiger partial charge in [-0.3, -0.25) is 9.59 Å². The van der Waals surface area contributed by atoms with Crippen molar-refractivity contribution in [2.24, 2.45) is 0 Å². The van der Waals surface area contributed by atoms with Crippen molar-refractivity contribution >= 4 is 17.4 Å². The van der Waals surface area contributed by atoms with Crippen LogP contribution in [0, 0.1) is 0 Å². The number of Topliss-reactive ketones (excluding diaryl/α,β-unsaturated/α-hetero) is 1. The van der Waals surface area contributed by atoms with Crippen LogP contribution in [0.5, 0.6) is 17.2 Å². The minimum absolute atomic E-state index is 0.00219. The van der Waals surface area contributed by atoms with Crippen molar-refractivity contribution in [3.8, 4) is 17.2 Å². The number of amides is 1. The van der Waals surface area contributed by atoms with E-state index in [-0.39, 0.29) is 23.4 Å². The summed E-state index contributed by atoms with van der Waals surface area (Å²) < 4.78 is 16.0. The topological polar surface area (TPSA) is 85.3 Å². The maximum absolute atomic E-state index is 13.4. The number of likely N-dealkylation sites (tertiary alicyclic amines) is 1. The van der Waals surface area contributed by atoms with Gasteiger partial charge in [-0.1, -0.05) is 50.2 Å². The first-order valence-electron chi connectivity index (χ1n) is 12.0. The summed E-state index contributed by atoms with van der Waals surface area (Å²) in [6.07, 6.45) is 0. The Hall–Kier alpha value is -4.26. The number of rotatable bonds is 8. The van der Waals surface area contributed by atoms with Gasteiger partial charge < -0.3 is 24.2 Å². The Balaban J connectivity index is 1.88. The van der Waals surface area contributed by atoms with Crippen molar-refractivity contribution in [3.63, 3.8) is 0 Å². The molecule has 7 nitrogen and oxygen atoms in total. The molecule has 0 saturated carbocycles. The normalized spacial score (nSPS) is 16.8. The Labute approximate surface area is 216 Å². The van der Waals surface area contributed by atoms with Gasteiger partial charge in [-0.2, -0.15) is 0 Å². The highest BCUT2D eigenvalue weighted by molar-refractivity contribution is 6.46. The molecule has 1 aliphatic rings. The monoisotopic (exact) mass is 501 g/mol. The molecule has 3 aromatic carbocycles. The first kappa shape index (κ1) is 25.8. The third kappa shape index (κ3) is 5.03. The summed E-state index contributed by atoms with van der Waals surface area (Å²) in [6, 6.07) is 19.2. The number of methoxy groups -OCH3 is 3. The molecule has 0 spiro atoms. The predicted molar refractivity (Wildman–Crippen MR) is 141 cm³/mol. The van der Waals surface area contributed by atoms with Crippen molar-refractivity contribution in [3.05, 3.63) is 94.6 Å². The predicted octanol–water partition coefficient (Wildman–Crippen LogP) is 5.46. The molecule has 1 saturated heterocycles. The van der Waals surface area contributed by atoms with E-state index in [1.165, 1.54) is 19.1 Å². The maximum atomic E-state index is 13.4. The van der Waals surface area contributed by atoms with Crippen molar-refractivity contribution in [1.29, 1.82) is 0 Å². The third-order valence-corrected chi connectivity index (χ3v) is 6.63. The molecule has 4 rings (SSSR count). The molecule has 1 aliphatic heterocycles. The van der Waals surface area contributed by atoms with Gasteiger partial charge in [-0.05, 0) is 52.9 Å². The Morgan fingerprint density at radius 3 is 2.05 bits per heavy atom. The fraction of sp³-hybridized carbons (Fsp3) is 0.267. The van der Waals surface area contributed by atoms with Crippen LogP contribution in [0.15, 0.2) is 72.3 Å². The molecule has 1 atom stereocenters. The van der Waals surface area contributed by atoms with E-state index in [0.29, 0.717) is 23.2 Å². The van der Waals surface area contributed by atoms with Crippen LogP contribution in [0.25, 0.3) is 5.76 Å². The molecule has 1 fully saturated rings. The second kappa shape index (κ2) is 10.8. The number of ketones is 1. The summed E-state index contributed by atoms with van der Waals surface area (Å²) >= 11 is 0. The maximum Gasteiger partial charge on any atom is 0.295 e.